The van der Waals surface area contributed by atoms with Crippen molar-refractivity contribution in [2.24, 2.45) is 5.92 Å². The third-order valence-corrected chi connectivity index (χ3v) is 5.70. The summed E-state index contributed by atoms with van der Waals surface area (Å²) in [7, 11) is 0. The Morgan fingerprint density at radius 2 is 1.96 bits per heavy atom. The number of thiazole rings is 1. The molecule has 0 unspecified atom stereocenters. The van der Waals surface area contributed by atoms with E-state index >= 15 is 0 Å². The summed E-state index contributed by atoms with van der Waals surface area (Å²) in [5.41, 5.74) is 0.869. The number of amides is 1. The summed E-state index contributed by atoms with van der Waals surface area (Å²) in [6, 6.07) is 0. The van der Waals surface area contributed by atoms with Crippen LogP contribution in [0.3, 0.4) is 0 Å². The lowest BCUT2D eigenvalue weighted by Gasteiger charge is -2.41. The SMILES string of the molecule is Cc1nc(CC(C)C)sc1C(=O)NCC(C)(C)N1CCCCC1. The number of aryl methyl sites for hydroxylation is 1. The molecule has 1 fully saturated rings. The van der Waals surface area contributed by atoms with Crippen LogP contribution in [-0.2, 0) is 6.42 Å². The quantitative estimate of drug-likeness (QED) is 0.862. The van der Waals surface area contributed by atoms with Crippen LogP contribution in [-0.4, -0.2) is 41.0 Å². The van der Waals surface area contributed by atoms with Gasteiger partial charge in [0.1, 0.15) is 4.88 Å². The number of nitrogens with zero attached hydrogens (tertiary/aromatic N) is 2. The minimum atomic E-state index is 0.00936. The highest BCUT2D eigenvalue weighted by Crippen LogP contribution is 2.22. The lowest BCUT2D eigenvalue weighted by atomic mass is 9.98. The molecule has 0 saturated carbocycles. The molecular weight excluding hydrogens is 306 g/mol. The number of rotatable bonds is 6. The van der Waals surface area contributed by atoms with Gasteiger partial charge in [0.05, 0.1) is 10.7 Å². The topological polar surface area (TPSA) is 45.2 Å². The number of aromatic nitrogens is 1. The van der Waals surface area contributed by atoms with E-state index in [0.717, 1.165) is 35.1 Å². The zero-order valence-corrected chi connectivity index (χ0v) is 16.1. The second kappa shape index (κ2) is 7.75. The Labute approximate surface area is 144 Å². The minimum absolute atomic E-state index is 0.00936. The number of piperidine rings is 1. The van der Waals surface area contributed by atoms with Crippen molar-refractivity contribution in [3.05, 3.63) is 15.6 Å². The first-order valence-corrected chi connectivity index (χ1v) is 9.61. The molecule has 1 aromatic rings. The van der Waals surface area contributed by atoms with E-state index in [-0.39, 0.29) is 11.4 Å². The fourth-order valence-electron chi connectivity index (χ4n) is 3.09. The maximum Gasteiger partial charge on any atom is 0.263 e. The van der Waals surface area contributed by atoms with E-state index in [1.165, 1.54) is 19.3 Å². The van der Waals surface area contributed by atoms with Gasteiger partial charge in [0, 0.05) is 18.5 Å². The molecule has 0 aromatic carbocycles. The van der Waals surface area contributed by atoms with Gasteiger partial charge in [0.25, 0.3) is 5.91 Å². The van der Waals surface area contributed by atoms with Gasteiger partial charge in [-0.05, 0) is 52.6 Å². The third-order valence-electron chi connectivity index (χ3n) is 4.52. The predicted octanol–water partition coefficient (Wildman–Crippen LogP) is 3.64. The smallest absolute Gasteiger partial charge is 0.263 e. The Bertz CT molecular complexity index is 530. The summed E-state index contributed by atoms with van der Waals surface area (Å²) in [4.78, 5) is 20.4. The van der Waals surface area contributed by atoms with Crippen molar-refractivity contribution in [2.75, 3.05) is 19.6 Å². The fourth-order valence-corrected chi connectivity index (χ4v) is 4.28. The number of nitrogens with one attached hydrogen (secondary N) is 1. The Kier molecular flexibility index (Phi) is 6.20. The number of carbonyl (C=O) groups excluding carboxylic acids is 1. The van der Waals surface area contributed by atoms with Crippen LogP contribution in [0.15, 0.2) is 0 Å². The van der Waals surface area contributed by atoms with Crippen LogP contribution < -0.4 is 5.32 Å². The van der Waals surface area contributed by atoms with Crippen LogP contribution in [0.2, 0.25) is 0 Å². The van der Waals surface area contributed by atoms with Crippen molar-refractivity contribution >= 4 is 17.2 Å². The Morgan fingerprint density at radius 3 is 2.57 bits per heavy atom. The van der Waals surface area contributed by atoms with Crippen LogP contribution in [0.25, 0.3) is 0 Å². The normalized spacial score (nSPS) is 16.8. The second-order valence-electron chi connectivity index (χ2n) is 7.66. The molecule has 1 amide bonds. The molecule has 1 aliphatic rings. The molecule has 0 bridgehead atoms. The highest BCUT2D eigenvalue weighted by Gasteiger charge is 2.28. The molecule has 1 aromatic heterocycles. The first-order chi connectivity index (χ1) is 10.8. The van der Waals surface area contributed by atoms with E-state index in [2.05, 4.69) is 42.9 Å². The van der Waals surface area contributed by atoms with Gasteiger partial charge in [-0.25, -0.2) is 4.98 Å². The van der Waals surface area contributed by atoms with Gasteiger partial charge in [-0.15, -0.1) is 11.3 Å². The molecule has 1 N–H and O–H groups in total. The van der Waals surface area contributed by atoms with Gasteiger partial charge in [0.15, 0.2) is 0 Å². The molecule has 130 valence electrons. The van der Waals surface area contributed by atoms with E-state index in [1.807, 2.05) is 6.92 Å². The first-order valence-electron chi connectivity index (χ1n) is 8.79. The molecule has 1 saturated heterocycles. The highest BCUT2D eigenvalue weighted by molar-refractivity contribution is 7.13. The third kappa shape index (κ3) is 5.01. The van der Waals surface area contributed by atoms with Gasteiger partial charge in [-0.1, -0.05) is 20.3 Å². The predicted molar refractivity (Wildman–Crippen MR) is 97.2 cm³/mol. The Balaban J connectivity index is 1.94. The van der Waals surface area contributed by atoms with Gasteiger partial charge in [-0.3, -0.25) is 9.69 Å². The lowest BCUT2D eigenvalue weighted by molar-refractivity contribution is 0.0799. The first kappa shape index (κ1) is 18.4. The molecule has 23 heavy (non-hydrogen) atoms. The Hall–Kier alpha value is -0.940. The minimum Gasteiger partial charge on any atom is -0.349 e. The van der Waals surface area contributed by atoms with Crippen LogP contribution in [0.4, 0.5) is 0 Å². The van der Waals surface area contributed by atoms with Crippen LogP contribution in [0.5, 0.6) is 0 Å². The monoisotopic (exact) mass is 337 g/mol. The zero-order chi connectivity index (χ0) is 17.0. The number of hydrogen-bond acceptors (Lipinski definition) is 4. The summed E-state index contributed by atoms with van der Waals surface area (Å²) in [6.45, 7) is 13.7. The summed E-state index contributed by atoms with van der Waals surface area (Å²) < 4.78 is 0. The second-order valence-corrected chi connectivity index (χ2v) is 8.75. The molecular formula is C18H31N3OS. The van der Waals surface area contributed by atoms with Gasteiger partial charge >= 0.3 is 0 Å². The average Bonchev–Trinajstić information content (AvgIpc) is 2.85. The Morgan fingerprint density at radius 1 is 1.30 bits per heavy atom. The van der Waals surface area contributed by atoms with E-state index < -0.39 is 0 Å². The van der Waals surface area contributed by atoms with Crippen molar-refractivity contribution < 1.29 is 4.79 Å². The fraction of sp³-hybridized carbons (Fsp3) is 0.778. The molecule has 1 aliphatic heterocycles. The molecule has 2 rings (SSSR count). The summed E-state index contributed by atoms with van der Waals surface area (Å²) in [6.07, 6.45) is 4.81. The standard InChI is InChI=1S/C18H31N3OS/c1-13(2)11-15-20-14(3)16(23-15)17(22)19-12-18(4,5)21-9-7-6-8-10-21/h13H,6-12H2,1-5H3,(H,19,22). The summed E-state index contributed by atoms with van der Waals surface area (Å²) in [5, 5.41) is 4.20. The molecule has 0 spiro atoms. The highest BCUT2D eigenvalue weighted by atomic mass is 32.1. The molecule has 4 nitrogen and oxygen atoms in total. The molecule has 0 aliphatic carbocycles. The summed E-state index contributed by atoms with van der Waals surface area (Å²) in [5.74, 6) is 0.592. The van der Waals surface area contributed by atoms with E-state index in [4.69, 9.17) is 0 Å². The lowest BCUT2D eigenvalue weighted by Crippen LogP contribution is -2.53. The molecule has 0 radical (unpaired) electrons. The zero-order valence-electron chi connectivity index (χ0n) is 15.2. The van der Waals surface area contributed by atoms with Crippen molar-refractivity contribution in [3.8, 4) is 0 Å². The number of hydrogen-bond donors (Lipinski definition) is 1. The van der Waals surface area contributed by atoms with E-state index in [0.29, 0.717) is 12.5 Å². The molecule has 0 atom stereocenters. The summed E-state index contributed by atoms with van der Waals surface area (Å²) >= 11 is 1.55. The average molecular weight is 338 g/mol. The largest absolute Gasteiger partial charge is 0.349 e. The van der Waals surface area contributed by atoms with E-state index in [1.54, 1.807) is 11.3 Å². The maximum atomic E-state index is 12.5. The van der Waals surface area contributed by atoms with Gasteiger partial charge in [-0.2, -0.15) is 0 Å². The van der Waals surface area contributed by atoms with Crippen LogP contribution in [0.1, 0.15) is 67.3 Å². The van der Waals surface area contributed by atoms with Crippen molar-refractivity contribution in [1.82, 2.24) is 15.2 Å². The maximum absolute atomic E-state index is 12.5. The number of carbonyl (C=O) groups is 1. The molecule has 5 heteroatoms. The van der Waals surface area contributed by atoms with Crippen molar-refractivity contribution in [1.29, 1.82) is 0 Å². The van der Waals surface area contributed by atoms with Crippen molar-refractivity contribution in [3.63, 3.8) is 0 Å². The molecule has 2 heterocycles. The van der Waals surface area contributed by atoms with Gasteiger partial charge < -0.3 is 5.32 Å². The van der Waals surface area contributed by atoms with Crippen molar-refractivity contribution in [2.45, 2.75) is 65.8 Å². The van der Waals surface area contributed by atoms with Gasteiger partial charge in [0.2, 0.25) is 0 Å². The number of likely N-dealkylation sites (tertiary alicyclic amines) is 1. The van der Waals surface area contributed by atoms with Crippen LogP contribution >= 0.6 is 11.3 Å². The van der Waals surface area contributed by atoms with E-state index in [9.17, 15) is 4.79 Å². The van der Waals surface area contributed by atoms with Crippen LogP contribution in [0, 0.1) is 12.8 Å².